The third kappa shape index (κ3) is 4.04. The molecule has 0 radical (unpaired) electrons. The number of rotatable bonds is 5. The van der Waals surface area contributed by atoms with Crippen LogP contribution in [0.1, 0.15) is 16.7 Å². The van der Waals surface area contributed by atoms with Crippen molar-refractivity contribution in [3.05, 3.63) is 70.0 Å². The van der Waals surface area contributed by atoms with Crippen molar-refractivity contribution in [3.63, 3.8) is 0 Å². The molecule has 106 valence electrons. The molecule has 0 saturated heterocycles. The Balaban J connectivity index is 2.08. The molecule has 1 atom stereocenters. The van der Waals surface area contributed by atoms with E-state index in [2.05, 4.69) is 36.6 Å². The monoisotopic (exact) mass is 292 g/mol. The molecule has 0 aromatic heterocycles. The van der Waals surface area contributed by atoms with Gasteiger partial charge >= 0.3 is 0 Å². The first-order valence-corrected chi connectivity index (χ1v) is 6.92. The molecule has 3 N–H and O–H groups in total. The highest BCUT2D eigenvalue weighted by Crippen LogP contribution is 2.19. The van der Waals surface area contributed by atoms with E-state index in [9.17, 15) is 4.39 Å². The van der Waals surface area contributed by atoms with E-state index in [0.29, 0.717) is 11.4 Å². The zero-order chi connectivity index (χ0) is 14.5. The Bertz CT molecular complexity index is 569. The van der Waals surface area contributed by atoms with Crippen molar-refractivity contribution in [1.82, 2.24) is 5.43 Å². The molecule has 20 heavy (non-hydrogen) atoms. The van der Waals surface area contributed by atoms with E-state index in [0.717, 1.165) is 12.0 Å². The Morgan fingerprint density at radius 3 is 2.50 bits per heavy atom. The van der Waals surface area contributed by atoms with E-state index >= 15 is 0 Å². The van der Waals surface area contributed by atoms with Gasteiger partial charge in [-0.15, -0.1) is 0 Å². The van der Waals surface area contributed by atoms with Crippen LogP contribution in [0.2, 0.25) is 5.02 Å². The van der Waals surface area contributed by atoms with Gasteiger partial charge in [-0.2, -0.15) is 0 Å². The molecule has 0 aliphatic rings. The second-order valence-electron chi connectivity index (χ2n) is 4.99. The molecule has 0 saturated carbocycles. The van der Waals surface area contributed by atoms with E-state index in [1.54, 1.807) is 6.07 Å². The molecule has 2 nitrogen and oxygen atoms in total. The largest absolute Gasteiger partial charge is 0.271 e. The predicted octanol–water partition coefficient (Wildman–Crippen LogP) is 3.40. The number of aryl methyl sites for hydroxylation is 1. The SMILES string of the molecule is Cc1ccc(CC(Cc2cc(F)ccc2Cl)NN)cc1. The lowest BCUT2D eigenvalue weighted by Gasteiger charge is -2.17. The van der Waals surface area contributed by atoms with E-state index in [1.165, 1.54) is 23.3 Å². The third-order valence-electron chi connectivity index (χ3n) is 3.31. The Hall–Kier alpha value is -1.42. The van der Waals surface area contributed by atoms with Crippen molar-refractivity contribution in [2.45, 2.75) is 25.8 Å². The first kappa shape index (κ1) is 15.0. The van der Waals surface area contributed by atoms with Gasteiger partial charge in [0.2, 0.25) is 0 Å². The second-order valence-corrected chi connectivity index (χ2v) is 5.40. The summed E-state index contributed by atoms with van der Waals surface area (Å²) < 4.78 is 13.3. The number of hydrogen-bond donors (Lipinski definition) is 2. The van der Waals surface area contributed by atoms with Crippen molar-refractivity contribution in [2.24, 2.45) is 5.84 Å². The number of halogens is 2. The summed E-state index contributed by atoms with van der Waals surface area (Å²) in [5.41, 5.74) is 5.95. The maximum Gasteiger partial charge on any atom is 0.123 e. The maximum atomic E-state index is 13.3. The molecule has 4 heteroatoms. The van der Waals surface area contributed by atoms with Gasteiger partial charge in [-0.3, -0.25) is 11.3 Å². The minimum Gasteiger partial charge on any atom is -0.271 e. The lowest BCUT2D eigenvalue weighted by molar-refractivity contribution is 0.520. The summed E-state index contributed by atoms with van der Waals surface area (Å²) >= 11 is 6.09. The van der Waals surface area contributed by atoms with E-state index < -0.39 is 0 Å². The Morgan fingerprint density at radius 2 is 1.85 bits per heavy atom. The molecule has 0 heterocycles. The van der Waals surface area contributed by atoms with Gasteiger partial charge in [-0.1, -0.05) is 41.4 Å². The fourth-order valence-electron chi connectivity index (χ4n) is 2.16. The van der Waals surface area contributed by atoms with Crippen LogP contribution in [0.4, 0.5) is 4.39 Å². The van der Waals surface area contributed by atoms with Crippen molar-refractivity contribution < 1.29 is 4.39 Å². The average molecular weight is 293 g/mol. The van der Waals surface area contributed by atoms with Crippen molar-refractivity contribution in [3.8, 4) is 0 Å². The molecular formula is C16H18ClFN2. The standard InChI is InChI=1S/C16H18ClFN2/c1-11-2-4-12(5-3-11)8-15(20-19)10-13-9-14(18)6-7-16(13)17/h2-7,9,15,20H,8,10,19H2,1H3. The number of hydrazine groups is 1. The van der Waals surface area contributed by atoms with Gasteiger partial charge < -0.3 is 0 Å². The molecule has 1 unspecified atom stereocenters. The Kier molecular flexibility index (Phi) is 5.12. The van der Waals surface area contributed by atoms with Crippen LogP contribution in [-0.4, -0.2) is 6.04 Å². The highest BCUT2D eigenvalue weighted by Gasteiger charge is 2.12. The van der Waals surface area contributed by atoms with Crippen LogP contribution in [0.15, 0.2) is 42.5 Å². The summed E-state index contributed by atoms with van der Waals surface area (Å²) in [7, 11) is 0. The van der Waals surface area contributed by atoms with Gasteiger partial charge in [0, 0.05) is 11.1 Å². The lowest BCUT2D eigenvalue weighted by Crippen LogP contribution is -2.38. The Labute approximate surface area is 123 Å². The maximum absolute atomic E-state index is 13.3. The van der Waals surface area contributed by atoms with Gasteiger partial charge in [-0.05, 0) is 49.1 Å². The van der Waals surface area contributed by atoms with Crippen LogP contribution in [0.25, 0.3) is 0 Å². The summed E-state index contributed by atoms with van der Waals surface area (Å²) in [4.78, 5) is 0. The summed E-state index contributed by atoms with van der Waals surface area (Å²) in [6.07, 6.45) is 1.35. The van der Waals surface area contributed by atoms with Gasteiger partial charge in [-0.25, -0.2) is 4.39 Å². The average Bonchev–Trinajstić information content (AvgIpc) is 2.44. The minimum absolute atomic E-state index is 0.0111. The number of hydrogen-bond acceptors (Lipinski definition) is 2. The van der Waals surface area contributed by atoms with Gasteiger partial charge in [0.05, 0.1) is 0 Å². The Morgan fingerprint density at radius 1 is 1.15 bits per heavy atom. The van der Waals surface area contributed by atoms with Crippen molar-refractivity contribution in [2.75, 3.05) is 0 Å². The van der Waals surface area contributed by atoms with Crippen molar-refractivity contribution in [1.29, 1.82) is 0 Å². The fraction of sp³-hybridized carbons (Fsp3) is 0.250. The highest BCUT2D eigenvalue weighted by molar-refractivity contribution is 6.31. The number of nitrogens with two attached hydrogens (primary N) is 1. The number of benzene rings is 2. The van der Waals surface area contributed by atoms with Crippen LogP contribution < -0.4 is 11.3 Å². The van der Waals surface area contributed by atoms with Gasteiger partial charge in [0.15, 0.2) is 0 Å². The third-order valence-corrected chi connectivity index (χ3v) is 3.68. The van der Waals surface area contributed by atoms with Crippen LogP contribution in [-0.2, 0) is 12.8 Å². The minimum atomic E-state index is -0.282. The van der Waals surface area contributed by atoms with E-state index in [4.69, 9.17) is 17.4 Å². The zero-order valence-electron chi connectivity index (χ0n) is 11.4. The quantitative estimate of drug-likeness (QED) is 0.655. The first-order chi connectivity index (χ1) is 9.58. The zero-order valence-corrected chi connectivity index (χ0v) is 12.1. The summed E-state index contributed by atoms with van der Waals surface area (Å²) in [5.74, 6) is 5.32. The molecule has 0 spiro atoms. The molecule has 0 aliphatic carbocycles. The summed E-state index contributed by atoms with van der Waals surface area (Å²) in [6.45, 7) is 2.05. The topological polar surface area (TPSA) is 38.0 Å². The molecule has 0 fully saturated rings. The normalized spacial score (nSPS) is 12.4. The van der Waals surface area contributed by atoms with Gasteiger partial charge in [0.1, 0.15) is 5.82 Å². The molecular weight excluding hydrogens is 275 g/mol. The smallest absolute Gasteiger partial charge is 0.123 e. The van der Waals surface area contributed by atoms with Gasteiger partial charge in [0.25, 0.3) is 0 Å². The summed E-state index contributed by atoms with van der Waals surface area (Å²) in [6, 6.07) is 12.7. The van der Waals surface area contributed by atoms with E-state index in [1.807, 2.05) is 0 Å². The molecule has 2 rings (SSSR count). The lowest BCUT2D eigenvalue weighted by atomic mass is 9.99. The highest BCUT2D eigenvalue weighted by atomic mass is 35.5. The molecule has 2 aromatic rings. The van der Waals surface area contributed by atoms with Crippen LogP contribution in [0, 0.1) is 12.7 Å². The first-order valence-electron chi connectivity index (χ1n) is 6.54. The number of nitrogens with one attached hydrogen (secondary N) is 1. The van der Waals surface area contributed by atoms with Crippen LogP contribution in [0.3, 0.4) is 0 Å². The second kappa shape index (κ2) is 6.84. The molecule has 0 aliphatic heterocycles. The predicted molar refractivity (Wildman–Crippen MR) is 81.1 cm³/mol. The van der Waals surface area contributed by atoms with Crippen molar-refractivity contribution >= 4 is 11.6 Å². The molecule has 0 bridgehead atoms. The molecule has 2 aromatic carbocycles. The van der Waals surface area contributed by atoms with Crippen LogP contribution in [0.5, 0.6) is 0 Å². The van der Waals surface area contributed by atoms with E-state index in [-0.39, 0.29) is 11.9 Å². The van der Waals surface area contributed by atoms with Crippen LogP contribution >= 0.6 is 11.6 Å². The fourth-order valence-corrected chi connectivity index (χ4v) is 2.36. The summed E-state index contributed by atoms with van der Waals surface area (Å²) in [5, 5.41) is 0.565. The molecule has 0 amide bonds.